The third-order valence-electron chi connectivity index (χ3n) is 6.47. The molecule has 0 saturated carbocycles. The van der Waals surface area contributed by atoms with Crippen LogP contribution in [0.25, 0.3) is 0 Å². The lowest BCUT2D eigenvalue weighted by atomic mass is 10.1. The molecule has 0 radical (unpaired) electrons. The monoisotopic (exact) mass is 494 g/mol. The van der Waals surface area contributed by atoms with Crippen LogP contribution in [0.3, 0.4) is 0 Å². The zero-order chi connectivity index (χ0) is 25.8. The van der Waals surface area contributed by atoms with Gasteiger partial charge in [0.25, 0.3) is 0 Å². The van der Waals surface area contributed by atoms with Gasteiger partial charge < -0.3 is 22.1 Å². The van der Waals surface area contributed by atoms with Crippen LogP contribution in [0.4, 0.5) is 0 Å². The second kappa shape index (κ2) is 18.6. The molecule has 0 fully saturated rings. The van der Waals surface area contributed by atoms with Crippen LogP contribution < -0.4 is 22.1 Å². The third-order valence-corrected chi connectivity index (χ3v) is 6.47. The van der Waals surface area contributed by atoms with E-state index in [2.05, 4.69) is 10.6 Å². The number of nitrogens with one attached hydrogen (secondary N) is 2. The molecule has 2 aromatic rings. The van der Waals surface area contributed by atoms with Gasteiger partial charge >= 0.3 is 0 Å². The van der Waals surface area contributed by atoms with Crippen molar-refractivity contribution < 1.29 is 9.59 Å². The van der Waals surface area contributed by atoms with Gasteiger partial charge in [0.1, 0.15) is 0 Å². The Labute approximate surface area is 217 Å². The van der Waals surface area contributed by atoms with Crippen molar-refractivity contribution in [2.24, 2.45) is 11.5 Å². The van der Waals surface area contributed by atoms with Gasteiger partial charge in [-0.3, -0.25) is 9.59 Å². The maximum absolute atomic E-state index is 12.1. The van der Waals surface area contributed by atoms with Gasteiger partial charge in [0.2, 0.25) is 11.8 Å². The number of benzene rings is 2. The second-order valence-electron chi connectivity index (χ2n) is 9.71. The second-order valence-corrected chi connectivity index (χ2v) is 9.71. The molecule has 0 aliphatic heterocycles. The van der Waals surface area contributed by atoms with E-state index in [-0.39, 0.29) is 11.8 Å². The molecular formula is C30H46N4O2. The van der Waals surface area contributed by atoms with Crippen molar-refractivity contribution >= 4 is 11.8 Å². The number of nitrogens with two attached hydrogens (primary N) is 2. The van der Waals surface area contributed by atoms with Gasteiger partial charge in [0, 0.05) is 13.1 Å². The molecule has 2 aromatic carbocycles. The van der Waals surface area contributed by atoms with E-state index in [9.17, 15) is 9.59 Å². The molecule has 0 unspecified atom stereocenters. The first-order valence-electron chi connectivity index (χ1n) is 13.7. The zero-order valence-electron chi connectivity index (χ0n) is 21.8. The number of carbonyl (C=O) groups excluding carboxylic acids is 2. The Hall–Kier alpha value is -2.70. The van der Waals surface area contributed by atoms with E-state index >= 15 is 0 Å². The van der Waals surface area contributed by atoms with Crippen molar-refractivity contribution in [3.8, 4) is 0 Å². The summed E-state index contributed by atoms with van der Waals surface area (Å²) in [6, 6.07) is 18.8. The Morgan fingerprint density at radius 3 is 1.17 bits per heavy atom. The fourth-order valence-corrected chi connectivity index (χ4v) is 4.27. The topological polar surface area (TPSA) is 110 Å². The summed E-state index contributed by atoms with van der Waals surface area (Å²) < 4.78 is 0. The first kappa shape index (κ1) is 29.5. The molecule has 2 amide bonds. The van der Waals surface area contributed by atoms with E-state index in [0.29, 0.717) is 25.9 Å². The molecule has 0 aliphatic carbocycles. The number of amides is 2. The van der Waals surface area contributed by atoms with Crippen molar-refractivity contribution in [2.45, 2.75) is 89.1 Å². The Bertz CT molecular complexity index is 773. The van der Waals surface area contributed by atoms with Crippen molar-refractivity contribution in [1.82, 2.24) is 10.6 Å². The van der Waals surface area contributed by atoms with Crippen LogP contribution in [0.1, 0.15) is 75.3 Å². The quantitative estimate of drug-likeness (QED) is 0.219. The molecule has 198 valence electrons. The molecular weight excluding hydrogens is 448 g/mol. The fraction of sp³-hybridized carbons (Fsp3) is 0.533. The standard InChI is InChI=1S/C30H46N4O2/c31-27(23-25-17-11-9-12-18-25)29(35)33-21-15-7-5-3-1-2-4-6-8-16-22-34-30(36)28(32)24-26-19-13-10-14-20-26/h9-14,17-20,27-28H,1-8,15-16,21-24,31-32H2,(H,33,35)(H,34,36)/t27-,28-/m1/s1. The van der Waals surface area contributed by atoms with Crippen molar-refractivity contribution in [3.05, 3.63) is 71.8 Å². The summed E-state index contributed by atoms with van der Waals surface area (Å²) in [5.41, 5.74) is 14.2. The number of unbranched alkanes of at least 4 members (excludes halogenated alkanes) is 9. The molecule has 0 aromatic heterocycles. The number of hydrogen-bond donors (Lipinski definition) is 4. The molecule has 0 bridgehead atoms. The number of carbonyl (C=O) groups is 2. The minimum Gasteiger partial charge on any atom is -0.355 e. The van der Waals surface area contributed by atoms with E-state index in [1.165, 1.54) is 38.5 Å². The largest absolute Gasteiger partial charge is 0.355 e. The van der Waals surface area contributed by atoms with Crippen molar-refractivity contribution in [1.29, 1.82) is 0 Å². The Morgan fingerprint density at radius 1 is 0.528 bits per heavy atom. The Balaban J connectivity index is 1.33. The minimum atomic E-state index is -0.485. The summed E-state index contributed by atoms with van der Waals surface area (Å²) in [6.07, 6.45) is 12.9. The smallest absolute Gasteiger partial charge is 0.237 e. The van der Waals surface area contributed by atoms with Gasteiger partial charge in [-0.2, -0.15) is 0 Å². The van der Waals surface area contributed by atoms with Crippen LogP contribution in [0.5, 0.6) is 0 Å². The highest BCUT2D eigenvalue weighted by Crippen LogP contribution is 2.10. The van der Waals surface area contributed by atoms with Gasteiger partial charge in [0.05, 0.1) is 12.1 Å². The van der Waals surface area contributed by atoms with E-state index in [1.807, 2.05) is 60.7 Å². The molecule has 0 spiro atoms. The predicted molar refractivity (Wildman–Crippen MR) is 148 cm³/mol. The van der Waals surface area contributed by atoms with Crippen LogP contribution in [-0.4, -0.2) is 37.0 Å². The summed E-state index contributed by atoms with van der Waals surface area (Å²) >= 11 is 0. The molecule has 6 nitrogen and oxygen atoms in total. The zero-order valence-corrected chi connectivity index (χ0v) is 21.8. The number of hydrogen-bond acceptors (Lipinski definition) is 4. The lowest BCUT2D eigenvalue weighted by Gasteiger charge is -2.12. The molecule has 2 atom stereocenters. The van der Waals surface area contributed by atoms with Gasteiger partial charge in [-0.1, -0.05) is 112 Å². The van der Waals surface area contributed by atoms with E-state index in [0.717, 1.165) is 36.8 Å². The van der Waals surface area contributed by atoms with Gasteiger partial charge in [-0.05, 0) is 36.8 Å². The third kappa shape index (κ3) is 13.4. The average Bonchev–Trinajstić information content (AvgIpc) is 2.89. The normalized spacial score (nSPS) is 12.6. The van der Waals surface area contributed by atoms with Crippen LogP contribution in [-0.2, 0) is 22.4 Å². The first-order chi connectivity index (χ1) is 17.6. The lowest BCUT2D eigenvalue weighted by molar-refractivity contribution is -0.123. The summed E-state index contributed by atoms with van der Waals surface area (Å²) in [5.74, 6) is -0.123. The highest BCUT2D eigenvalue weighted by molar-refractivity contribution is 5.82. The highest BCUT2D eigenvalue weighted by Gasteiger charge is 2.14. The first-order valence-corrected chi connectivity index (χ1v) is 13.7. The van der Waals surface area contributed by atoms with E-state index in [4.69, 9.17) is 11.5 Å². The fourth-order valence-electron chi connectivity index (χ4n) is 4.27. The van der Waals surface area contributed by atoms with Crippen LogP contribution in [0.15, 0.2) is 60.7 Å². The summed E-state index contributed by atoms with van der Waals surface area (Å²) in [4.78, 5) is 24.2. The van der Waals surface area contributed by atoms with Crippen LogP contribution in [0.2, 0.25) is 0 Å². The molecule has 2 rings (SSSR count). The van der Waals surface area contributed by atoms with Crippen LogP contribution in [0, 0.1) is 0 Å². The summed E-state index contributed by atoms with van der Waals surface area (Å²) in [5, 5.41) is 5.93. The molecule has 6 N–H and O–H groups in total. The molecule has 6 heteroatoms. The van der Waals surface area contributed by atoms with E-state index in [1.54, 1.807) is 0 Å². The molecule has 0 aliphatic rings. The van der Waals surface area contributed by atoms with Gasteiger partial charge in [0.15, 0.2) is 0 Å². The maximum Gasteiger partial charge on any atom is 0.237 e. The summed E-state index contributed by atoms with van der Waals surface area (Å²) in [7, 11) is 0. The van der Waals surface area contributed by atoms with Crippen molar-refractivity contribution in [2.75, 3.05) is 13.1 Å². The van der Waals surface area contributed by atoms with Gasteiger partial charge in [-0.15, -0.1) is 0 Å². The molecule has 36 heavy (non-hydrogen) atoms. The molecule has 0 heterocycles. The predicted octanol–water partition coefficient (Wildman–Crippen LogP) is 4.26. The average molecular weight is 495 g/mol. The highest BCUT2D eigenvalue weighted by atomic mass is 16.2. The SMILES string of the molecule is N[C@H](Cc1ccccc1)C(=O)NCCCCCCCCCCCCNC(=O)[C@H](N)Cc1ccccc1. The molecule has 0 saturated heterocycles. The number of rotatable bonds is 19. The maximum atomic E-state index is 12.1. The Morgan fingerprint density at radius 2 is 0.833 bits per heavy atom. The Kier molecular flexibility index (Phi) is 15.2. The van der Waals surface area contributed by atoms with E-state index < -0.39 is 12.1 Å². The van der Waals surface area contributed by atoms with Crippen LogP contribution >= 0.6 is 0 Å². The summed E-state index contributed by atoms with van der Waals surface area (Å²) in [6.45, 7) is 1.41. The van der Waals surface area contributed by atoms with Crippen molar-refractivity contribution in [3.63, 3.8) is 0 Å². The minimum absolute atomic E-state index is 0.0616. The van der Waals surface area contributed by atoms with Gasteiger partial charge in [-0.25, -0.2) is 0 Å². The lowest BCUT2D eigenvalue weighted by Crippen LogP contribution is -2.42.